The molecule has 0 fully saturated rings. The Balaban J connectivity index is 2.37. The van der Waals surface area contributed by atoms with E-state index >= 15 is 0 Å². The van der Waals surface area contributed by atoms with E-state index in [2.05, 4.69) is 5.16 Å². The Kier molecular flexibility index (Phi) is 2.56. The third-order valence-corrected chi connectivity index (χ3v) is 3.28. The highest BCUT2D eigenvalue weighted by atomic mass is 16.5. The summed E-state index contributed by atoms with van der Waals surface area (Å²) < 4.78 is 4.80. The van der Waals surface area contributed by atoms with Gasteiger partial charge in [0.1, 0.15) is 5.71 Å². The monoisotopic (exact) mass is 253 g/mol. The zero-order valence-corrected chi connectivity index (χ0v) is 10.3. The van der Waals surface area contributed by atoms with E-state index in [0.717, 1.165) is 22.3 Å². The number of oxime groups is 1. The van der Waals surface area contributed by atoms with Gasteiger partial charge in [-0.2, -0.15) is 0 Å². The summed E-state index contributed by atoms with van der Waals surface area (Å²) >= 11 is 0. The van der Waals surface area contributed by atoms with Crippen molar-refractivity contribution in [2.75, 3.05) is 7.11 Å². The van der Waals surface area contributed by atoms with E-state index in [-0.39, 0.29) is 0 Å². The number of carbonyl (C=O) groups is 1. The normalized spacial score (nSPS) is 14.1. The maximum Gasteiger partial charge on any atom is 0.338 e. The van der Waals surface area contributed by atoms with Crippen molar-refractivity contribution in [3.05, 3.63) is 59.2 Å². The fraction of sp³-hybridized carbons (Fsp3) is 0.0667. The molecule has 0 aromatic heterocycles. The van der Waals surface area contributed by atoms with Gasteiger partial charge < -0.3 is 9.94 Å². The second-order valence-corrected chi connectivity index (χ2v) is 4.21. The molecule has 1 aliphatic carbocycles. The van der Waals surface area contributed by atoms with Gasteiger partial charge >= 0.3 is 5.97 Å². The average molecular weight is 253 g/mol. The standard InChI is InChI=1S/C15H11NO3/c1-19-15(17)12-8-4-7-11-13(12)9-5-2-3-6-10(9)14(11)16-18/h2-8,18H,1H3/b16-14+. The second kappa shape index (κ2) is 4.24. The van der Waals surface area contributed by atoms with Gasteiger partial charge in [0.2, 0.25) is 0 Å². The van der Waals surface area contributed by atoms with Gasteiger partial charge in [0.05, 0.1) is 12.7 Å². The average Bonchev–Trinajstić information content (AvgIpc) is 2.80. The fourth-order valence-electron chi connectivity index (χ4n) is 2.48. The molecule has 0 spiro atoms. The number of methoxy groups -OCH3 is 1. The highest BCUT2D eigenvalue weighted by Gasteiger charge is 2.29. The summed E-state index contributed by atoms with van der Waals surface area (Å²) in [5.41, 5.74) is 4.16. The van der Waals surface area contributed by atoms with Gasteiger partial charge in [-0.15, -0.1) is 0 Å². The number of nitrogens with zero attached hydrogens (tertiary/aromatic N) is 1. The van der Waals surface area contributed by atoms with Crippen LogP contribution in [-0.4, -0.2) is 24.0 Å². The van der Waals surface area contributed by atoms with Crippen molar-refractivity contribution in [1.29, 1.82) is 0 Å². The molecule has 2 aromatic rings. The Morgan fingerprint density at radius 2 is 1.74 bits per heavy atom. The van der Waals surface area contributed by atoms with Gasteiger partial charge in [-0.05, 0) is 11.6 Å². The third kappa shape index (κ3) is 1.53. The van der Waals surface area contributed by atoms with Gasteiger partial charge in [0.25, 0.3) is 0 Å². The van der Waals surface area contributed by atoms with Gasteiger partial charge in [-0.25, -0.2) is 4.79 Å². The molecule has 4 heteroatoms. The van der Waals surface area contributed by atoms with Crippen LogP contribution in [0.25, 0.3) is 11.1 Å². The molecule has 0 heterocycles. The zero-order chi connectivity index (χ0) is 13.4. The lowest BCUT2D eigenvalue weighted by Gasteiger charge is -2.06. The molecule has 0 unspecified atom stereocenters. The summed E-state index contributed by atoms with van der Waals surface area (Å²) in [7, 11) is 1.35. The molecule has 3 rings (SSSR count). The summed E-state index contributed by atoms with van der Waals surface area (Å²) in [6, 6.07) is 12.8. The molecule has 4 nitrogen and oxygen atoms in total. The minimum atomic E-state index is -0.397. The molecule has 94 valence electrons. The number of esters is 1. The van der Waals surface area contributed by atoms with Crippen LogP contribution < -0.4 is 0 Å². The lowest BCUT2D eigenvalue weighted by molar-refractivity contribution is 0.0601. The van der Waals surface area contributed by atoms with Crippen molar-refractivity contribution in [3.63, 3.8) is 0 Å². The molecular weight excluding hydrogens is 242 g/mol. The zero-order valence-electron chi connectivity index (χ0n) is 10.3. The smallest absolute Gasteiger partial charge is 0.338 e. The number of benzene rings is 2. The summed E-state index contributed by atoms with van der Waals surface area (Å²) in [6.45, 7) is 0. The summed E-state index contributed by atoms with van der Waals surface area (Å²) in [4.78, 5) is 11.9. The number of ether oxygens (including phenoxy) is 1. The van der Waals surface area contributed by atoms with E-state index in [1.165, 1.54) is 7.11 Å². The first-order valence-corrected chi connectivity index (χ1v) is 5.81. The summed E-state index contributed by atoms with van der Waals surface area (Å²) in [6.07, 6.45) is 0. The van der Waals surface area contributed by atoms with E-state index in [1.54, 1.807) is 12.1 Å². The predicted octanol–water partition coefficient (Wildman–Crippen LogP) is 2.68. The molecule has 0 saturated carbocycles. The summed E-state index contributed by atoms with van der Waals surface area (Å²) in [5, 5.41) is 12.6. The molecule has 1 aliphatic rings. The van der Waals surface area contributed by atoms with Crippen LogP contribution in [0, 0.1) is 0 Å². The molecule has 0 bridgehead atoms. The van der Waals surface area contributed by atoms with Gasteiger partial charge in [0.15, 0.2) is 0 Å². The maximum absolute atomic E-state index is 11.9. The predicted molar refractivity (Wildman–Crippen MR) is 70.6 cm³/mol. The molecule has 0 aliphatic heterocycles. The first-order valence-electron chi connectivity index (χ1n) is 5.81. The number of hydrogen-bond donors (Lipinski definition) is 1. The van der Waals surface area contributed by atoms with Crippen molar-refractivity contribution in [2.24, 2.45) is 5.16 Å². The summed E-state index contributed by atoms with van der Waals surface area (Å²) in [5.74, 6) is -0.397. The lowest BCUT2D eigenvalue weighted by Crippen LogP contribution is -2.04. The number of rotatable bonds is 1. The van der Waals surface area contributed by atoms with Crippen LogP contribution >= 0.6 is 0 Å². The third-order valence-electron chi connectivity index (χ3n) is 3.28. The van der Waals surface area contributed by atoms with Gasteiger partial charge in [0, 0.05) is 16.7 Å². The quantitative estimate of drug-likeness (QED) is 0.412. The van der Waals surface area contributed by atoms with Crippen molar-refractivity contribution in [1.82, 2.24) is 0 Å². The first-order chi connectivity index (χ1) is 9.27. The van der Waals surface area contributed by atoms with Gasteiger partial charge in [-0.3, -0.25) is 0 Å². The molecule has 0 amide bonds. The minimum Gasteiger partial charge on any atom is -0.465 e. The van der Waals surface area contributed by atoms with Crippen LogP contribution in [0.2, 0.25) is 0 Å². The topological polar surface area (TPSA) is 58.9 Å². The van der Waals surface area contributed by atoms with E-state index in [1.807, 2.05) is 30.3 Å². The maximum atomic E-state index is 11.9. The Labute approximate surface area is 109 Å². The van der Waals surface area contributed by atoms with Crippen LogP contribution in [0.5, 0.6) is 0 Å². The fourth-order valence-corrected chi connectivity index (χ4v) is 2.48. The molecule has 0 radical (unpaired) electrons. The van der Waals surface area contributed by atoms with Crippen LogP contribution in [-0.2, 0) is 4.74 Å². The Morgan fingerprint density at radius 1 is 1.05 bits per heavy atom. The van der Waals surface area contributed by atoms with E-state index in [9.17, 15) is 10.0 Å². The number of carbonyl (C=O) groups excluding carboxylic acids is 1. The lowest BCUT2D eigenvalue weighted by atomic mass is 9.99. The van der Waals surface area contributed by atoms with Crippen molar-refractivity contribution in [3.8, 4) is 11.1 Å². The SMILES string of the molecule is COC(=O)c1cccc2c1-c1ccccc1/C2=N\O. The Bertz CT molecular complexity index is 704. The van der Waals surface area contributed by atoms with Crippen LogP contribution in [0.1, 0.15) is 21.5 Å². The molecular formula is C15H11NO3. The largest absolute Gasteiger partial charge is 0.465 e. The minimum absolute atomic E-state index is 0.397. The Morgan fingerprint density at radius 3 is 2.42 bits per heavy atom. The van der Waals surface area contributed by atoms with Crippen molar-refractivity contribution in [2.45, 2.75) is 0 Å². The van der Waals surface area contributed by atoms with E-state index < -0.39 is 5.97 Å². The van der Waals surface area contributed by atoms with E-state index in [0.29, 0.717) is 11.3 Å². The highest BCUT2D eigenvalue weighted by Crippen LogP contribution is 2.39. The number of fused-ring (bicyclic) bond motifs is 3. The van der Waals surface area contributed by atoms with Crippen molar-refractivity contribution >= 4 is 11.7 Å². The van der Waals surface area contributed by atoms with Crippen molar-refractivity contribution < 1.29 is 14.7 Å². The van der Waals surface area contributed by atoms with Gasteiger partial charge in [-0.1, -0.05) is 41.6 Å². The molecule has 0 saturated heterocycles. The second-order valence-electron chi connectivity index (χ2n) is 4.21. The Hall–Kier alpha value is -2.62. The molecule has 0 atom stereocenters. The van der Waals surface area contributed by atoms with E-state index in [4.69, 9.17) is 4.74 Å². The highest BCUT2D eigenvalue weighted by molar-refractivity contribution is 6.26. The van der Waals surface area contributed by atoms with Crippen LogP contribution in [0.15, 0.2) is 47.6 Å². The molecule has 2 aromatic carbocycles. The molecule has 19 heavy (non-hydrogen) atoms. The van der Waals surface area contributed by atoms with Crippen LogP contribution in [0.4, 0.5) is 0 Å². The van der Waals surface area contributed by atoms with Crippen LogP contribution in [0.3, 0.4) is 0 Å². The first kappa shape index (κ1) is 11.5. The number of hydrogen-bond acceptors (Lipinski definition) is 4. The molecule has 1 N–H and O–H groups in total.